The van der Waals surface area contributed by atoms with Crippen LogP contribution in [0.4, 0.5) is 10.1 Å². The van der Waals surface area contributed by atoms with Crippen LogP contribution in [0.15, 0.2) is 36.5 Å². The van der Waals surface area contributed by atoms with Crippen LogP contribution in [0.5, 0.6) is 0 Å². The highest BCUT2D eigenvalue weighted by Crippen LogP contribution is 2.35. The summed E-state index contributed by atoms with van der Waals surface area (Å²) >= 11 is 0. The maximum absolute atomic E-state index is 14.6. The maximum atomic E-state index is 14.6. The first-order chi connectivity index (χ1) is 17.4. The van der Waals surface area contributed by atoms with Crippen molar-refractivity contribution in [3.63, 3.8) is 0 Å². The zero-order valence-corrected chi connectivity index (χ0v) is 20.0. The van der Waals surface area contributed by atoms with E-state index in [1.807, 2.05) is 17.9 Å². The highest BCUT2D eigenvalue weighted by Gasteiger charge is 2.41. The third kappa shape index (κ3) is 3.91. The first-order valence-corrected chi connectivity index (χ1v) is 12.2. The molecule has 36 heavy (non-hydrogen) atoms. The van der Waals surface area contributed by atoms with Gasteiger partial charge < -0.3 is 9.80 Å². The number of rotatable bonds is 4. The summed E-state index contributed by atoms with van der Waals surface area (Å²) in [7, 11) is 1.94. The molecule has 0 aliphatic carbocycles. The van der Waals surface area contributed by atoms with E-state index >= 15 is 0 Å². The van der Waals surface area contributed by atoms with E-state index in [0.717, 1.165) is 36.1 Å². The van der Waals surface area contributed by atoms with Crippen LogP contribution in [-0.4, -0.2) is 69.5 Å². The van der Waals surface area contributed by atoms with Gasteiger partial charge in [-0.05, 0) is 30.2 Å². The van der Waals surface area contributed by atoms with Crippen LogP contribution in [0.2, 0.25) is 0 Å². The molecule has 2 saturated heterocycles. The maximum Gasteiger partial charge on any atom is 0.255 e. The lowest BCUT2D eigenvalue weighted by Crippen LogP contribution is -2.52. The Kier molecular flexibility index (Phi) is 5.48. The molecule has 1 N–H and O–H groups in total. The number of aryl methyl sites for hydroxylation is 1. The summed E-state index contributed by atoms with van der Waals surface area (Å²) in [5.74, 6) is -1.61. The monoisotopic (exact) mass is 490 g/mol. The molecule has 0 radical (unpaired) electrons. The number of anilines is 1. The van der Waals surface area contributed by atoms with Crippen molar-refractivity contribution in [2.45, 2.75) is 32.0 Å². The number of amides is 3. The van der Waals surface area contributed by atoms with Crippen LogP contribution in [0.25, 0.3) is 10.9 Å². The molecule has 1 atom stereocenters. The van der Waals surface area contributed by atoms with Crippen molar-refractivity contribution in [2.24, 2.45) is 7.05 Å². The molecule has 3 aliphatic heterocycles. The van der Waals surface area contributed by atoms with Crippen LogP contribution in [0.3, 0.4) is 0 Å². The number of nitrogens with zero attached hydrogens (tertiary/aromatic N) is 5. The largest absolute Gasteiger partial charge is 0.369 e. The molecule has 1 aromatic heterocycles. The number of fused-ring (bicyclic) bond motifs is 2. The van der Waals surface area contributed by atoms with E-state index in [1.54, 1.807) is 0 Å². The van der Waals surface area contributed by atoms with E-state index in [1.165, 1.54) is 22.6 Å². The summed E-state index contributed by atoms with van der Waals surface area (Å²) in [4.78, 5) is 43.0. The minimum absolute atomic E-state index is 0.188. The third-order valence-corrected chi connectivity index (χ3v) is 7.53. The number of hydrogen-bond acceptors (Lipinski definition) is 6. The van der Waals surface area contributed by atoms with Gasteiger partial charge in [0.1, 0.15) is 11.9 Å². The molecule has 186 valence electrons. The van der Waals surface area contributed by atoms with Gasteiger partial charge in [0.2, 0.25) is 11.8 Å². The normalized spacial score (nSPS) is 20.8. The molecule has 1 unspecified atom stereocenters. The lowest BCUT2D eigenvalue weighted by atomic mass is 10.0. The molecule has 4 heterocycles. The molecule has 0 bridgehead atoms. The van der Waals surface area contributed by atoms with Crippen molar-refractivity contribution in [1.29, 1.82) is 0 Å². The molecule has 9 nitrogen and oxygen atoms in total. The number of piperazine rings is 1. The number of benzene rings is 2. The van der Waals surface area contributed by atoms with Crippen molar-refractivity contribution < 1.29 is 18.8 Å². The second-order valence-corrected chi connectivity index (χ2v) is 9.78. The van der Waals surface area contributed by atoms with Gasteiger partial charge in [0, 0.05) is 74.9 Å². The highest BCUT2D eigenvalue weighted by atomic mass is 19.1. The van der Waals surface area contributed by atoms with Crippen molar-refractivity contribution in [1.82, 2.24) is 24.9 Å². The second-order valence-electron chi connectivity index (χ2n) is 9.78. The molecule has 0 saturated carbocycles. The van der Waals surface area contributed by atoms with Crippen LogP contribution >= 0.6 is 0 Å². The smallest absolute Gasteiger partial charge is 0.255 e. The Bertz CT molecular complexity index is 1390. The van der Waals surface area contributed by atoms with Gasteiger partial charge in [-0.2, -0.15) is 5.10 Å². The lowest BCUT2D eigenvalue weighted by Gasteiger charge is -2.37. The van der Waals surface area contributed by atoms with Crippen LogP contribution < -0.4 is 10.2 Å². The SMILES string of the molecule is Cn1ncc2ccc(CN3CCN(c4cc(F)cc5c4CN(C4CCC(=O)NC4=O)C5=O)CC3)cc21. The van der Waals surface area contributed by atoms with Gasteiger partial charge in [0.05, 0.1) is 11.7 Å². The fourth-order valence-electron chi connectivity index (χ4n) is 5.58. The van der Waals surface area contributed by atoms with Crippen molar-refractivity contribution in [3.05, 3.63) is 59.0 Å². The van der Waals surface area contributed by atoms with E-state index in [0.29, 0.717) is 24.3 Å². The molecule has 3 aromatic rings. The number of hydrogen-bond donors (Lipinski definition) is 1. The summed E-state index contributed by atoms with van der Waals surface area (Å²) in [6.45, 7) is 4.07. The number of carbonyl (C=O) groups is 3. The topological polar surface area (TPSA) is 90.8 Å². The first-order valence-electron chi connectivity index (χ1n) is 12.2. The predicted octanol–water partition coefficient (Wildman–Crippen LogP) is 1.80. The van der Waals surface area contributed by atoms with Gasteiger partial charge in [0.15, 0.2) is 0 Å². The number of carbonyl (C=O) groups excluding carboxylic acids is 3. The van der Waals surface area contributed by atoms with E-state index in [9.17, 15) is 18.8 Å². The Labute approximate surface area is 207 Å². The molecular weight excluding hydrogens is 463 g/mol. The summed E-state index contributed by atoms with van der Waals surface area (Å²) in [5.41, 5.74) is 4.09. The van der Waals surface area contributed by atoms with Crippen molar-refractivity contribution in [2.75, 3.05) is 31.1 Å². The summed E-state index contributed by atoms with van der Waals surface area (Å²) in [6, 6.07) is 8.43. The fraction of sp³-hybridized carbons (Fsp3) is 0.385. The number of halogens is 1. The van der Waals surface area contributed by atoms with Gasteiger partial charge in [-0.15, -0.1) is 0 Å². The van der Waals surface area contributed by atoms with Crippen LogP contribution in [0, 0.1) is 5.82 Å². The average molecular weight is 491 g/mol. The van der Waals surface area contributed by atoms with E-state index in [2.05, 4.69) is 38.4 Å². The molecule has 3 amide bonds. The zero-order valence-electron chi connectivity index (χ0n) is 20.0. The minimum Gasteiger partial charge on any atom is -0.369 e. The molecule has 10 heteroatoms. The fourth-order valence-corrected chi connectivity index (χ4v) is 5.58. The van der Waals surface area contributed by atoms with Gasteiger partial charge in [0.25, 0.3) is 5.91 Å². The molecule has 0 spiro atoms. The second kappa shape index (κ2) is 8.70. The Balaban J connectivity index is 1.17. The van der Waals surface area contributed by atoms with Crippen molar-refractivity contribution in [3.8, 4) is 0 Å². The van der Waals surface area contributed by atoms with Gasteiger partial charge in [-0.3, -0.25) is 29.3 Å². The lowest BCUT2D eigenvalue weighted by molar-refractivity contribution is -0.136. The minimum atomic E-state index is -0.716. The van der Waals surface area contributed by atoms with Gasteiger partial charge in [-0.1, -0.05) is 12.1 Å². The first kappa shape index (κ1) is 22.7. The Morgan fingerprint density at radius 2 is 1.89 bits per heavy atom. The quantitative estimate of drug-likeness (QED) is 0.561. The van der Waals surface area contributed by atoms with Crippen LogP contribution in [-0.2, 0) is 29.7 Å². The summed E-state index contributed by atoms with van der Waals surface area (Å²) < 4.78 is 16.5. The average Bonchev–Trinajstić information content (AvgIpc) is 3.39. The molecular formula is C26H27FN6O3. The highest BCUT2D eigenvalue weighted by molar-refractivity contribution is 6.06. The molecule has 2 aromatic carbocycles. The molecule has 3 aliphatic rings. The van der Waals surface area contributed by atoms with E-state index in [-0.39, 0.29) is 31.2 Å². The molecule has 6 rings (SSSR count). The Hall–Kier alpha value is -3.79. The standard InChI is InChI=1S/C26H27FN6O3/c1-30-22-10-16(2-3-17(22)13-28-30)14-31-6-8-32(9-7-31)23-12-18(27)11-19-20(23)15-33(26(19)36)21-4-5-24(34)29-25(21)35/h2-3,10-13,21H,4-9,14-15H2,1H3,(H,29,34,35). The van der Waals surface area contributed by atoms with Gasteiger partial charge in [-0.25, -0.2) is 4.39 Å². The zero-order chi connectivity index (χ0) is 25.0. The summed E-state index contributed by atoms with van der Waals surface area (Å²) in [5, 5.41) is 7.74. The molecule has 2 fully saturated rings. The Morgan fingerprint density at radius 1 is 1.08 bits per heavy atom. The van der Waals surface area contributed by atoms with E-state index in [4.69, 9.17) is 0 Å². The van der Waals surface area contributed by atoms with E-state index < -0.39 is 17.8 Å². The number of nitrogens with one attached hydrogen (secondary N) is 1. The predicted molar refractivity (Wildman–Crippen MR) is 131 cm³/mol. The van der Waals surface area contributed by atoms with Crippen LogP contribution in [0.1, 0.15) is 34.3 Å². The number of piperidine rings is 1. The third-order valence-electron chi connectivity index (χ3n) is 7.53. The Morgan fingerprint density at radius 3 is 2.67 bits per heavy atom. The number of aromatic nitrogens is 2. The number of imide groups is 1. The summed E-state index contributed by atoms with van der Waals surface area (Å²) in [6.07, 6.45) is 2.33. The van der Waals surface area contributed by atoms with Gasteiger partial charge >= 0.3 is 0 Å². The van der Waals surface area contributed by atoms with Crippen molar-refractivity contribution >= 4 is 34.3 Å².